The van der Waals surface area contributed by atoms with Crippen LogP contribution in [0.3, 0.4) is 0 Å². The van der Waals surface area contributed by atoms with Crippen LogP contribution in [0.25, 0.3) is 11.2 Å². The van der Waals surface area contributed by atoms with Gasteiger partial charge >= 0.3 is 6.09 Å². The molecule has 0 aliphatic carbocycles. The predicted molar refractivity (Wildman–Crippen MR) is 160 cm³/mol. The van der Waals surface area contributed by atoms with E-state index in [1.165, 1.54) is 18.3 Å². The Kier molecular flexibility index (Phi) is 9.66. The highest BCUT2D eigenvalue weighted by Crippen LogP contribution is 2.31. The number of fused-ring (bicyclic) bond motifs is 1. The third kappa shape index (κ3) is 7.67. The fourth-order valence-electron chi connectivity index (χ4n) is 4.97. The highest BCUT2D eigenvalue weighted by Gasteiger charge is 2.27. The van der Waals surface area contributed by atoms with Gasteiger partial charge in [0.25, 0.3) is 0 Å². The molecular formula is C31H38FN7O4. The molecule has 3 aromatic heterocycles. The van der Waals surface area contributed by atoms with Gasteiger partial charge in [-0.2, -0.15) is 5.26 Å². The van der Waals surface area contributed by atoms with Crippen LogP contribution in [0.4, 0.5) is 9.18 Å². The van der Waals surface area contributed by atoms with Gasteiger partial charge in [-0.25, -0.2) is 14.2 Å². The lowest BCUT2D eigenvalue weighted by Crippen LogP contribution is -2.42. The Morgan fingerprint density at radius 3 is 2.58 bits per heavy atom. The third-order valence-electron chi connectivity index (χ3n) is 7.00. The normalized spacial score (nSPS) is 16.0. The lowest BCUT2D eigenvalue weighted by molar-refractivity contribution is 0.0207. The molecule has 1 fully saturated rings. The van der Waals surface area contributed by atoms with Gasteiger partial charge < -0.3 is 25.2 Å². The number of nitriles is 1. The zero-order valence-corrected chi connectivity index (χ0v) is 25.2. The number of pyridine rings is 2. The standard InChI is InChI=1S/C31H38FN7O4/c1-19(37-23-8-11-38(12-9-23)30(41)43-31(3,4)5)29(25(34)10-13-40)21-14-27-36-18-24(16-33)39(27)28(15-21)42-20(2)26-7-6-22(32)17-35-26/h6-7,14-15,17-18,20,23,40H,8-13,34H2,1-5H3/b29-25+,37-19?. The number of aliphatic imine (C=N–C) groups is 1. The number of halogens is 1. The van der Waals surface area contributed by atoms with Gasteiger partial charge in [0.1, 0.15) is 34.9 Å². The zero-order valence-electron chi connectivity index (χ0n) is 25.2. The summed E-state index contributed by atoms with van der Waals surface area (Å²) < 4.78 is 26.8. The molecule has 1 aliphatic heterocycles. The zero-order chi connectivity index (χ0) is 31.3. The van der Waals surface area contributed by atoms with Crippen molar-refractivity contribution in [1.82, 2.24) is 19.3 Å². The molecular weight excluding hydrogens is 553 g/mol. The summed E-state index contributed by atoms with van der Waals surface area (Å²) in [6.45, 7) is 10.0. The number of carbonyl (C=O) groups is 1. The monoisotopic (exact) mass is 591 g/mol. The maximum atomic E-state index is 13.5. The molecule has 4 heterocycles. The Balaban J connectivity index is 1.67. The van der Waals surface area contributed by atoms with Crippen molar-refractivity contribution in [1.29, 1.82) is 5.26 Å². The molecule has 1 amide bonds. The molecule has 43 heavy (non-hydrogen) atoms. The molecule has 1 saturated heterocycles. The number of ether oxygens (including phenoxy) is 2. The lowest BCUT2D eigenvalue weighted by Gasteiger charge is -2.32. The van der Waals surface area contributed by atoms with E-state index in [1.54, 1.807) is 28.4 Å². The number of likely N-dealkylation sites (tertiary alicyclic amines) is 1. The number of rotatable bonds is 8. The number of aliphatic hydroxyl groups is 1. The van der Waals surface area contributed by atoms with Crippen molar-refractivity contribution in [2.24, 2.45) is 10.7 Å². The maximum absolute atomic E-state index is 13.5. The van der Waals surface area contributed by atoms with E-state index in [4.69, 9.17) is 20.2 Å². The SMILES string of the molecule is CC(=NC1CCN(C(=O)OC(C)(C)C)CC1)/C(=C(\N)CCO)c1cc(OC(C)c2ccc(F)cn2)n2c(C#N)cnc2c1. The second-order valence-electron chi connectivity index (χ2n) is 11.5. The molecule has 0 aromatic carbocycles. The van der Waals surface area contributed by atoms with Gasteiger partial charge in [-0.3, -0.25) is 14.4 Å². The van der Waals surface area contributed by atoms with Crippen molar-refractivity contribution in [3.63, 3.8) is 0 Å². The van der Waals surface area contributed by atoms with Crippen molar-refractivity contribution < 1.29 is 23.8 Å². The first-order valence-electron chi connectivity index (χ1n) is 14.2. The van der Waals surface area contributed by atoms with Crippen molar-refractivity contribution >= 4 is 23.0 Å². The summed E-state index contributed by atoms with van der Waals surface area (Å²) in [4.78, 5) is 27.7. The van der Waals surface area contributed by atoms with E-state index >= 15 is 0 Å². The minimum atomic E-state index is -0.583. The van der Waals surface area contributed by atoms with Crippen LogP contribution in [0, 0.1) is 17.1 Å². The summed E-state index contributed by atoms with van der Waals surface area (Å²) in [5.41, 5.74) is 9.57. The Bertz CT molecular complexity index is 1560. The summed E-state index contributed by atoms with van der Waals surface area (Å²) in [5.74, 6) is -0.144. The average molecular weight is 592 g/mol. The third-order valence-corrected chi connectivity index (χ3v) is 7.00. The van der Waals surface area contributed by atoms with Gasteiger partial charge in [0.05, 0.1) is 24.1 Å². The molecule has 11 nitrogen and oxygen atoms in total. The fraction of sp³-hybridized carbons (Fsp3) is 0.452. The summed E-state index contributed by atoms with van der Waals surface area (Å²) in [5, 5.41) is 19.4. The minimum absolute atomic E-state index is 0.0451. The first-order valence-corrected chi connectivity index (χ1v) is 14.2. The van der Waals surface area contributed by atoms with E-state index in [0.717, 1.165) is 6.20 Å². The number of amides is 1. The van der Waals surface area contributed by atoms with E-state index in [2.05, 4.69) is 16.0 Å². The molecule has 12 heteroatoms. The molecule has 4 rings (SSSR count). The Hall–Kier alpha value is -4.50. The predicted octanol–water partition coefficient (Wildman–Crippen LogP) is 4.79. The van der Waals surface area contributed by atoms with Gasteiger partial charge in [-0.05, 0) is 71.2 Å². The second kappa shape index (κ2) is 13.2. The molecule has 1 atom stereocenters. The number of hydrogen-bond donors (Lipinski definition) is 2. The summed E-state index contributed by atoms with van der Waals surface area (Å²) in [7, 11) is 0. The average Bonchev–Trinajstić information content (AvgIpc) is 3.36. The van der Waals surface area contributed by atoms with Crippen LogP contribution in [0.2, 0.25) is 0 Å². The summed E-state index contributed by atoms with van der Waals surface area (Å²) >= 11 is 0. The highest BCUT2D eigenvalue weighted by atomic mass is 19.1. The van der Waals surface area contributed by atoms with Crippen LogP contribution in [-0.4, -0.2) is 67.5 Å². The number of imidazole rings is 1. The number of piperidine rings is 1. The molecule has 0 radical (unpaired) electrons. The van der Waals surface area contributed by atoms with E-state index in [-0.39, 0.29) is 30.9 Å². The van der Waals surface area contributed by atoms with Gasteiger partial charge in [0, 0.05) is 49.2 Å². The molecule has 1 unspecified atom stereocenters. The van der Waals surface area contributed by atoms with E-state index in [9.17, 15) is 19.6 Å². The quantitative estimate of drug-likeness (QED) is 0.355. The molecule has 0 spiro atoms. The van der Waals surface area contributed by atoms with Gasteiger partial charge in [0.2, 0.25) is 5.88 Å². The van der Waals surface area contributed by atoms with Crippen molar-refractivity contribution in [3.05, 3.63) is 65.1 Å². The van der Waals surface area contributed by atoms with Gasteiger partial charge in [0.15, 0.2) is 0 Å². The molecule has 0 bridgehead atoms. The summed E-state index contributed by atoms with van der Waals surface area (Å²) in [6.07, 6.45) is 3.19. The smallest absolute Gasteiger partial charge is 0.410 e. The topological polar surface area (TPSA) is 151 Å². The summed E-state index contributed by atoms with van der Waals surface area (Å²) in [6, 6.07) is 8.47. The van der Waals surface area contributed by atoms with Crippen LogP contribution in [0.15, 0.2) is 47.3 Å². The van der Waals surface area contributed by atoms with Crippen molar-refractivity contribution in [3.8, 4) is 11.9 Å². The first kappa shape index (κ1) is 31.4. The van der Waals surface area contributed by atoms with Crippen molar-refractivity contribution in [2.45, 2.75) is 71.6 Å². The van der Waals surface area contributed by atoms with Crippen LogP contribution in [0.5, 0.6) is 5.88 Å². The highest BCUT2D eigenvalue weighted by molar-refractivity contribution is 6.23. The van der Waals surface area contributed by atoms with Crippen LogP contribution in [-0.2, 0) is 4.74 Å². The minimum Gasteiger partial charge on any atom is -0.469 e. The molecule has 3 N–H and O–H groups in total. The molecule has 228 valence electrons. The van der Waals surface area contributed by atoms with Gasteiger partial charge in [-0.15, -0.1) is 0 Å². The number of aliphatic hydroxyl groups excluding tert-OH is 1. The number of nitrogens with zero attached hydrogens (tertiary/aromatic N) is 6. The number of hydrogen-bond acceptors (Lipinski definition) is 9. The molecule has 1 aliphatic rings. The van der Waals surface area contributed by atoms with E-state index in [0.29, 0.717) is 65.7 Å². The van der Waals surface area contributed by atoms with Gasteiger partial charge in [-0.1, -0.05) is 0 Å². The van der Waals surface area contributed by atoms with Crippen molar-refractivity contribution in [2.75, 3.05) is 19.7 Å². The molecule has 0 saturated carbocycles. The van der Waals surface area contributed by atoms with E-state index < -0.39 is 17.5 Å². The number of carbonyl (C=O) groups excluding carboxylic acids is 1. The maximum Gasteiger partial charge on any atom is 0.410 e. The Morgan fingerprint density at radius 2 is 1.98 bits per heavy atom. The van der Waals surface area contributed by atoms with E-state index in [1.807, 2.05) is 27.7 Å². The lowest BCUT2D eigenvalue weighted by atomic mass is 9.98. The van der Waals surface area contributed by atoms with Crippen LogP contribution < -0.4 is 10.5 Å². The van der Waals surface area contributed by atoms with Crippen LogP contribution in [0.1, 0.15) is 76.9 Å². The Morgan fingerprint density at radius 1 is 1.26 bits per heavy atom. The van der Waals surface area contributed by atoms with Crippen LogP contribution >= 0.6 is 0 Å². The first-order chi connectivity index (χ1) is 20.4. The molecule has 3 aromatic rings. The fourth-order valence-corrected chi connectivity index (χ4v) is 4.97. The number of aromatic nitrogens is 3. The number of nitrogens with two attached hydrogens (primary N) is 1. The second-order valence-corrected chi connectivity index (χ2v) is 11.5. The Labute approximate surface area is 250 Å². The largest absolute Gasteiger partial charge is 0.469 e. The number of allylic oxidation sites excluding steroid dienone is 1.